The van der Waals surface area contributed by atoms with Gasteiger partial charge in [-0.3, -0.25) is 4.79 Å². The number of alkyl halides is 1. The molecule has 2 rings (SSSR count). The predicted octanol–water partition coefficient (Wildman–Crippen LogP) is 2.12. The molecule has 114 valence electrons. The van der Waals surface area contributed by atoms with Gasteiger partial charge in [0.05, 0.1) is 16.6 Å². The van der Waals surface area contributed by atoms with Crippen LogP contribution in [0.1, 0.15) is 0 Å². The standard InChI is InChI=1S/C15H18BrNO3S/c1-2-8-17-10-12(9-16)14(15(17)18)11-21(19,20)13-6-4-3-5-7-13/h2-7,12,14H,1,8-11H2/t12-,14+/m1/s1. The summed E-state index contributed by atoms with van der Waals surface area (Å²) in [5, 5.41) is 0.612. The lowest BCUT2D eigenvalue weighted by atomic mass is 10.00. The van der Waals surface area contributed by atoms with Crippen LogP contribution in [0.15, 0.2) is 47.9 Å². The molecule has 4 nitrogen and oxygen atoms in total. The van der Waals surface area contributed by atoms with Gasteiger partial charge in [0.15, 0.2) is 9.84 Å². The molecule has 1 fully saturated rings. The molecular weight excluding hydrogens is 354 g/mol. The predicted molar refractivity (Wildman–Crippen MR) is 86.0 cm³/mol. The van der Waals surface area contributed by atoms with Gasteiger partial charge in [0, 0.05) is 18.4 Å². The Kier molecular flexibility index (Phi) is 5.22. The molecule has 1 heterocycles. The fraction of sp³-hybridized carbons (Fsp3) is 0.400. The first kappa shape index (κ1) is 16.2. The molecule has 1 aliphatic rings. The topological polar surface area (TPSA) is 54.5 Å². The Morgan fingerprint density at radius 1 is 1.33 bits per heavy atom. The van der Waals surface area contributed by atoms with Crippen molar-refractivity contribution in [2.24, 2.45) is 11.8 Å². The molecule has 1 aromatic rings. The minimum absolute atomic E-state index is 0.0101. The molecule has 0 spiro atoms. The zero-order chi connectivity index (χ0) is 15.5. The average Bonchev–Trinajstić information content (AvgIpc) is 2.77. The molecule has 0 aliphatic carbocycles. The summed E-state index contributed by atoms with van der Waals surface area (Å²) in [6.45, 7) is 4.67. The maximum Gasteiger partial charge on any atom is 0.227 e. The number of halogens is 1. The van der Waals surface area contributed by atoms with E-state index >= 15 is 0 Å². The highest BCUT2D eigenvalue weighted by Crippen LogP contribution is 2.29. The van der Waals surface area contributed by atoms with Gasteiger partial charge in [0.25, 0.3) is 0 Å². The number of carbonyl (C=O) groups is 1. The zero-order valence-corrected chi connectivity index (χ0v) is 14.0. The number of benzene rings is 1. The Morgan fingerprint density at radius 3 is 2.57 bits per heavy atom. The quantitative estimate of drug-likeness (QED) is 0.568. The van der Waals surface area contributed by atoms with Gasteiger partial charge in [-0.1, -0.05) is 40.2 Å². The van der Waals surface area contributed by atoms with E-state index < -0.39 is 15.8 Å². The van der Waals surface area contributed by atoms with Crippen LogP contribution in [0.2, 0.25) is 0 Å². The van der Waals surface area contributed by atoms with Crippen molar-refractivity contribution >= 4 is 31.7 Å². The van der Waals surface area contributed by atoms with E-state index in [0.717, 1.165) is 0 Å². The second-order valence-electron chi connectivity index (χ2n) is 5.15. The molecule has 1 aliphatic heterocycles. The van der Waals surface area contributed by atoms with E-state index in [1.165, 1.54) is 0 Å². The fourth-order valence-corrected chi connectivity index (χ4v) is 4.89. The summed E-state index contributed by atoms with van der Waals surface area (Å²) in [7, 11) is -3.45. The third-order valence-corrected chi connectivity index (χ3v) is 6.32. The molecule has 0 aromatic heterocycles. The summed E-state index contributed by atoms with van der Waals surface area (Å²) in [4.78, 5) is 14.3. The molecule has 2 atom stereocenters. The normalized spacial score (nSPS) is 22.5. The van der Waals surface area contributed by atoms with Gasteiger partial charge in [-0.15, -0.1) is 6.58 Å². The van der Waals surface area contributed by atoms with Crippen molar-refractivity contribution < 1.29 is 13.2 Å². The molecule has 0 radical (unpaired) electrons. The highest BCUT2D eigenvalue weighted by molar-refractivity contribution is 9.09. The maximum absolute atomic E-state index is 12.5. The first-order valence-electron chi connectivity index (χ1n) is 6.73. The fourth-order valence-electron chi connectivity index (χ4n) is 2.58. The first-order valence-corrected chi connectivity index (χ1v) is 9.50. The molecular formula is C15H18BrNO3S. The summed E-state index contributed by atoms with van der Waals surface area (Å²) < 4.78 is 24.9. The lowest BCUT2D eigenvalue weighted by Crippen LogP contribution is -2.30. The van der Waals surface area contributed by atoms with Gasteiger partial charge in [-0.05, 0) is 18.1 Å². The molecule has 0 bridgehead atoms. The second kappa shape index (κ2) is 6.75. The lowest BCUT2D eigenvalue weighted by molar-refractivity contribution is -0.130. The first-order chi connectivity index (χ1) is 9.99. The number of nitrogens with zero attached hydrogens (tertiary/aromatic N) is 1. The van der Waals surface area contributed by atoms with Gasteiger partial charge in [-0.2, -0.15) is 0 Å². The van der Waals surface area contributed by atoms with Crippen LogP contribution < -0.4 is 0 Å². The third kappa shape index (κ3) is 3.55. The SMILES string of the molecule is C=CCN1C[C@@H](CBr)[C@H](CS(=O)(=O)c2ccccc2)C1=O. The third-order valence-electron chi connectivity index (χ3n) is 3.70. The summed E-state index contributed by atoms with van der Waals surface area (Å²) in [6, 6.07) is 8.29. The average molecular weight is 372 g/mol. The molecule has 1 amide bonds. The maximum atomic E-state index is 12.5. The van der Waals surface area contributed by atoms with Crippen LogP contribution in [0.4, 0.5) is 0 Å². The Bertz CT molecular complexity index is 615. The Labute approximate surface area is 133 Å². The smallest absolute Gasteiger partial charge is 0.227 e. The molecule has 1 aromatic carbocycles. The van der Waals surface area contributed by atoms with Crippen molar-refractivity contribution in [3.05, 3.63) is 43.0 Å². The van der Waals surface area contributed by atoms with Crippen LogP contribution in [0, 0.1) is 11.8 Å². The van der Waals surface area contributed by atoms with E-state index in [2.05, 4.69) is 22.5 Å². The summed E-state index contributed by atoms with van der Waals surface area (Å²) >= 11 is 3.39. The van der Waals surface area contributed by atoms with E-state index in [9.17, 15) is 13.2 Å². The zero-order valence-electron chi connectivity index (χ0n) is 11.6. The minimum atomic E-state index is -3.45. The van der Waals surface area contributed by atoms with Crippen LogP contribution in [0.5, 0.6) is 0 Å². The molecule has 0 saturated carbocycles. The molecule has 0 N–H and O–H groups in total. The Balaban J connectivity index is 2.21. The number of rotatable bonds is 6. The number of amides is 1. The second-order valence-corrected chi connectivity index (χ2v) is 7.83. The van der Waals surface area contributed by atoms with E-state index in [4.69, 9.17) is 0 Å². The van der Waals surface area contributed by atoms with Gasteiger partial charge in [0.2, 0.25) is 5.91 Å². The van der Waals surface area contributed by atoms with E-state index in [1.54, 1.807) is 41.3 Å². The van der Waals surface area contributed by atoms with Gasteiger partial charge in [0.1, 0.15) is 0 Å². The van der Waals surface area contributed by atoms with Crippen molar-refractivity contribution in [1.29, 1.82) is 0 Å². The molecule has 1 saturated heterocycles. The van der Waals surface area contributed by atoms with Crippen molar-refractivity contribution in [2.75, 3.05) is 24.2 Å². The summed E-state index contributed by atoms with van der Waals surface area (Å²) in [6.07, 6.45) is 1.66. The Morgan fingerprint density at radius 2 is 2.00 bits per heavy atom. The number of sulfone groups is 1. The van der Waals surface area contributed by atoms with Crippen molar-refractivity contribution in [2.45, 2.75) is 4.90 Å². The van der Waals surface area contributed by atoms with Gasteiger partial charge < -0.3 is 4.90 Å². The van der Waals surface area contributed by atoms with E-state index in [-0.39, 0.29) is 22.5 Å². The van der Waals surface area contributed by atoms with Crippen molar-refractivity contribution in [3.63, 3.8) is 0 Å². The number of likely N-dealkylation sites (tertiary alicyclic amines) is 1. The van der Waals surface area contributed by atoms with Crippen LogP contribution in [0.3, 0.4) is 0 Å². The lowest BCUT2D eigenvalue weighted by Gasteiger charge is -2.15. The van der Waals surface area contributed by atoms with Gasteiger partial charge in [-0.25, -0.2) is 8.42 Å². The minimum Gasteiger partial charge on any atom is -0.338 e. The van der Waals surface area contributed by atoms with Crippen molar-refractivity contribution in [1.82, 2.24) is 4.90 Å². The molecule has 21 heavy (non-hydrogen) atoms. The highest BCUT2D eigenvalue weighted by atomic mass is 79.9. The summed E-state index contributed by atoms with van der Waals surface area (Å²) in [5.74, 6) is -0.718. The van der Waals surface area contributed by atoms with E-state index in [0.29, 0.717) is 18.4 Å². The van der Waals surface area contributed by atoms with Crippen LogP contribution in [-0.2, 0) is 14.6 Å². The Hall–Kier alpha value is -1.14. The summed E-state index contributed by atoms with van der Waals surface area (Å²) in [5.41, 5.74) is 0. The molecule has 6 heteroatoms. The van der Waals surface area contributed by atoms with Crippen LogP contribution >= 0.6 is 15.9 Å². The van der Waals surface area contributed by atoms with Gasteiger partial charge >= 0.3 is 0 Å². The highest BCUT2D eigenvalue weighted by Gasteiger charge is 2.41. The molecule has 0 unspecified atom stereocenters. The number of hydrogen-bond acceptors (Lipinski definition) is 3. The number of hydrogen-bond donors (Lipinski definition) is 0. The van der Waals surface area contributed by atoms with Crippen molar-refractivity contribution in [3.8, 4) is 0 Å². The monoisotopic (exact) mass is 371 g/mol. The van der Waals surface area contributed by atoms with E-state index in [1.807, 2.05) is 0 Å². The van der Waals surface area contributed by atoms with Crippen LogP contribution in [0.25, 0.3) is 0 Å². The largest absolute Gasteiger partial charge is 0.338 e. The van der Waals surface area contributed by atoms with Crippen LogP contribution in [-0.4, -0.2) is 43.4 Å². The number of carbonyl (C=O) groups excluding carboxylic acids is 1.